The van der Waals surface area contributed by atoms with Gasteiger partial charge in [-0.15, -0.1) is 0 Å². The number of benzene rings is 3. The lowest BCUT2D eigenvalue weighted by molar-refractivity contribution is -0.127. The number of carbonyl (C=O) groups is 4. The summed E-state index contributed by atoms with van der Waals surface area (Å²) < 4.78 is 12.9. The second-order valence-corrected chi connectivity index (χ2v) is 11.7. The van der Waals surface area contributed by atoms with E-state index in [-0.39, 0.29) is 17.4 Å². The molecule has 0 radical (unpaired) electrons. The number of thioether (sulfide) groups is 1. The van der Waals surface area contributed by atoms with Gasteiger partial charge in [-0.25, -0.2) is 0 Å². The predicted octanol–water partition coefficient (Wildman–Crippen LogP) is 6.53. The minimum atomic E-state index is -0.569. The second-order valence-electron chi connectivity index (χ2n) is 8.92. The molecule has 12 heteroatoms. The Kier molecular flexibility index (Phi) is 9.90. The van der Waals surface area contributed by atoms with Crippen LogP contribution in [0.2, 0.25) is 0 Å². The molecule has 0 bridgehead atoms. The maximum absolute atomic E-state index is 12.9. The lowest BCUT2D eigenvalue weighted by atomic mass is 10.1. The van der Waals surface area contributed by atoms with Gasteiger partial charge in [0.15, 0.2) is 18.1 Å². The van der Waals surface area contributed by atoms with Crippen molar-refractivity contribution in [1.29, 1.82) is 0 Å². The van der Waals surface area contributed by atoms with Crippen LogP contribution >= 0.6 is 43.6 Å². The van der Waals surface area contributed by atoms with E-state index < -0.39 is 23.6 Å². The average molecular weight is 703 g/mol. The van der Waals surface area contributed by atoms with E-state index in [9.17, 15) is 19.2 Å². The first kappa shape index (κ1) is 30.4. The highest BCUT2D eigenvalue weighted by atomic mass is 79.9. The minimum Gasteiger partial charge on any atom is -0.493 e. The van der Waals surface area contributed by atoms with Gasteiger partial charge in [-0.1, -0.05) is 37.9 Å². The molecule has 9 nitrogen and oxygen atoms in total. The van der Waals surface area contributed by atoms with Crippen LogP contribution in [0.3, 0.4) is 0 Å². The number of rotatable bonds is 9. The first-order valence-corrected chi connectivity index (χ1v) is 14.6. The smallest absolute Gasteiger partial charge is 0.294 e. The highest BCUT2D eigenvalue weighted by Gasteiger charge is 2.36. The third-order valence-electron chi connectivity index (χ3n) is 6.14. The summed E-state index contributed by atoms with van der Waals surface area (Å²) in [6, 6.07) is 15.5. The third kappa shape index (κ3) is 7.57. The Morgan fingerprint density at radius 2 is 1.66 bits per heavy atom. The number of nitrogens with one attached hydrogen (secondary N) is 2. The van der Waals surface area contributed by atoms with Gasteiger partial charge in [-0.3, -0.25) is 24.1 Å². The molecule has 212 valence electrons. The molecule has 1 heterocycles. The summed E-state index contributed by atoms with van der Waals surface area (Å²) in [6.45, 7) is 3.23. The van der Waals surface area contributed by atoms with E-state index in [2.05, 4.69) is 42.5 Å². The van der Waals surface area contributed by atoms with Crippen LogP contribution < -0.4 is 20.1 Å². The van der Waals surface area contributed by atoms with Gasteiger partial charge in [0.1, 0.15) is 6.54 Å². The number of hydrogen-bond acceptors (Lipinski definition) is 7. The first-order valence-electron chi connectivity index (χ1n) is 12.2. The molecule has 0 spiro atoms. The number of nitrogens with zero attached hydrogens (tertiary/aromatic N) is 1. The number of ether oxygens (including phenoxy) is 2. The molecule has 1 aliphatic heterocycles. The molecule has 4 amide bonds. The Morgan fingerprint density at radius 3 is 2.37 bits per heavy atom. The van der Waals surface area contributed by atoms with Crippen molar-refractivity contribution in [2.24, 2.45) is 0 Å². The van der Waals surface area contributed by atoms with Gasteiger partial charge in [0.2, 0.25) is 5.91 Å². The Labute approximate surface area is 257 Å². The molecular weight excluding hydrogens is 678 g/mol. The number of anilines is 2. The van der Waals surface area contributed by atoms with Gasteiger partial charge < -0.3 is 20.1 Å². The number of methoxy groups -OCH3 is 1. The summed E-state index contributed by atoms with van der Waals surface area (Å²) >= 11 is 7.55. The normalized spacial score (nSPS) is 13.9. The van der Waals surface area contributed by atoms with Crippen molar-refractivity contribution in [3.63, 3.8) is 0 Å². The van der Waals surface area contributed by atoms with Crippen molar-refractivity contribution in [2.45, 2.75) is 13.8 Å². The molecule has 4 rings (SSSR count). The van der Waals surface area contributed by atoms with E-state index in [1.54, 1.807) is 42.5 Å². The summed E-state index contributed by atoms with van der Waals surface area (Å²) in [5.41, 5.74) is 3.80. The van der Waals surface area contributed by atoms with Gasteiger partial charge in [0.25, 0.3) is 17.1 Å². The fourth-order valence-corrected chi connectivity index (χ4v) is 5.34. The zero-order valence-electron chi connectivity index (χ0n) is 22.2. The highest BCUT2D eigenvalue weighted by Crippen LogP contribution is 2.34. The Morgan fingerprint density at radius 1 is 0.927 bits per heavy atom. The van der Waals surface area contributed by atoms with Crippen LogP contribution in [0.1, 0.15) is 16.7 Å². The van der Waals surface area contributed by atoms with Gasteiger partial charge in [-0.2, -0.15) is 0 Å². The number of halogens is 2. The van der Waals surface area contributed by atoms with Gasteiger partial charge in [0.05, 0.1) is 12.0 Å². The first-order chi connectivity index (χ1) is 19.5. The van der Waals surface area contributed by atoms with E-state index in [4.69, 9.17) is 9.47 Å². The fraction of sp³-hybridized carbons (Fsp3) is 0.172. The zero-order chi connectivity index (χ0) is 29.7. The van der Waals surface area contributed by atoms with Crippen molar-refractivity contribution in [1.82, 2.24) is 4.90 Å². The topological polar surface area (TPSA) is 114 Å². The monoisotopic (exact) mass is 701 g/mol. The molecule has 0 aromatic heterocycles. The van der Waals surface area contributed by atoms with E-state index in [1.807, 2.05) is 26.0 Å². The van der Waals surface area contributed by atoms with Crippen LogP contribution in [0.15, 0.2) is 68.4 Å². The lowest BCUT2D eigenvalue weighted by Crippen LogP contribution is -2.36. The SMILES string of the molecule is COc1cc(/C=C2/SC(=O)N(CC(=O)Nc3ccc(Br)cc3)C2=O)ccc1OCC(=O)Nc1ccc(Br)c(C)c1C. The second kappa shape index (κ2) is 13.4. The van der Waals surface area contributed by atoms with Crippen LogP contribution in [0.4, 0.5) is 16.2 Å². The molecule has 0 saturated carbocycles. The van der Waals surface area contributed by atoms with Crippen LogP contribution in [0.5, 0.6) is 11.5 Å². The number of hydrogen-bond donors (Lipinski definition) is 2. The van der Waals surface area contributed by atoms with Crippen LogP contribution in [0.25, 0.3) is 6.08 Å². The van der Waals surface area contributed by atoms with Crippen molar-refractivity contribution in [3.05, 3.63) is 85.1 Å². The van der Waals surface area contributed by atoms with Crippen molar-refractivity contribution < 1.29 is 28.7 Å². The number of imide groups is 1. The van der Waals surface area contributed by atoms with Crippen molar-refractivity contribution >= 4 is 84.0 Å². The van der Waals surface area contributed by atoms with Crippen molar-refractivity contribution in [3.8, 4) is 11.5 Å². The molecular formula is C29H25Br2N3O6S. The molecule has 1 saturated heterocycles. The molecule has 2 N–H and O–H groups in total. The maximum Gasteiger partial charge on any atom is 0.294 e. The molecule has 0 atom stereocenters. The minimum absolute atomic E-state index is 0.168. The summed E-state index contributed by atoms with van der Waals surface area (Å²) in [5.74, 6) is -0.718. The standard InChI is InChI=1S/C29H25Br2N3O6S/c1-16-17(2)22(10-9-21(16)31)33-27(36)15-40-23-11-4-18(12-24(23)39-3)13-25-28(37)34(29(38)41-25)14-26(35)32-20-7-5-19(30)6-8-20/h4-13H,14-15H2,1-3H3,(H,32,35)(H,33,36)/b25-13+. The molecule has 0 unspecified atom stereocenters. The van der Waals surface area contributed by atoms with E-state index >= 15 is 0 Å². The Bertz CT molecular complexity index is 1560. The van der Waals surface area contributed by atoms with E-state index in [0.29, 0.717) is 28.4 Å². The molecule has 1 fully saturated rings. The van der Waals surface area contributed by atoms with E-state index in [1.165, 1.54) is 13.2 Å². The maximum atomic E-state index is 12.9. The lowest BCUT2D eigenvalue weighted by Gasteiger charge is -2.14. The number of carbonyl (C=O) groups excluding carboxylic acids is 4. The number of amides is 4. The summed E-state index contributed by atoms with van der Waals surface area (Å²) in [7, 11) is 1.46. The van der Waals surface area contributed by atoms with E-state index in [0.717, 1.165) is 36.7 Å². The largest absolute Gasteiger partial charge is 0.493 e. The molecule has 3 aromatic carbocycles. The fourth-order valence-electron chi connectivity index (χ4n) is 3.81. The van der Waals surface area contributed by atoms with Gasteiger partial charge >= 0.3 is 0 Å². The summed E-state index contributed by atoms with van der Waals surface area (Å²) in [5, 5.41) is 4.97. The van der Waals surface area contributed by atoms with Gasteiger partial charge in [0, 0.05) is 20.3 Å². The van der Waals surface area contributed by atoms with Crippen LogP contribution in [-0.2, 0) is 14.4 Å². The molecule has 41 heavy (non-hydrogen) atoms. The predicted molar refractivity (Wildman–Crippen MR) is 166 cm³/mol. The van der Waals surface area contributed by atoms with Crippen molar-refractivity contribution in [2.75, 3.05) is 30.9 Å². The molecule has 1 aliphatic rings. The average Bonchev–Trinajstić information content (AvgIpc) is 3.20. The third-order valence-corrected chi connectivity index (χ3v) is 8.44. The quantitative estimate of drug-likeness (QED) is 0.244. The highest BCUT2D eigenvalue weighted by molar-refractivity contribution is 9.10. The Balaban J connectivity index is 1.38. The summed E-state index contributed by atoms with van der Waals surface area (Å²) in [4.78, 5) is 51.4. The van der Waals surface area contributed by atoms with Gasteiger partial charge in [-0.05, 0) is 96.9 Å². The zero-order valence-corrected chi connectivity index (χ0v) is 26.2. The molecule has 3 aromatic rings. The summed E-state index contributed by atoms with van der Waals surface area (Å²) in [6.07, 6.45) is 1.54. The molecule has 0 aliphatic carbocycles. The van der Waals surface area contributed by atoms with Crippen LogP contribution in [0, 0.1) is 13.8 Å². The Hall–Kier alpha value is -3.61. The van der Waals surface area contributed by atoms with Crippen LogP contribution in [-0.4, -0.2) is 48.1 Å².